The second-order valence-corrected chi connectivity index (χ2v) is 2.53. The minimum Gasteiger partial charge on any atom is -0.505 e. The second-order valence-electron chi connectivity index (χ2n) is 2.53. The molecule has 0 heterocycles. The maximum Gasteiger partial charge on any atom is 0.488 e. The molecule has 0 spiro atoms. The Balaban J connectivity index is 3.23. The molecule has 0 fully saturated rings. The van der Waals surface area contributed by atoms with Gasteiger partial charge in [-0.15, -0.1) is 0 Å². The van der Waals surface area contributed by atoms with Gasteiger partial charge in [0.2, 0.25) is 0 Å². The first-order chi connectivity index (χ1) is 5.52. The van der Waals surface area contributed by atoms with E-state index in [0.29, 0.717) is 5.56 Å². The summed E-state index contributed by atoms with van der Waals surface area (Å²) in [5, 5.41) is 26.4. The number of aromatic hydroxyl groups is 1. The minimum absolute atomic E-state index is 0.105. The molecule has 0 aliphatic rings. The predicted molar refractivity (Wildman–Crippen MR) is 42.6 cm³/mol. The highest BCUT2D eigenvalue weighted by Gasteiger charge is 2.16. The monoisotopic (exact) mass is 170 g/mol. The van der Waals surface area contributed by atoms with E-state index in [1.54, 1.807) is 0 Å². The summed E-state index contributed by atoms with van der Waals surface area (Å²) in [6, 6.07) is 2.04. The van der Waals surface area contributed by atoms with E-state index in [2.05, 4.69) is 0 Å². The predicted octanol–water partition coefficient (Wildman–Crippen LogP) is -0.480. The Labute approximate surface area is 69.2 Å². The number of aryl methyl sites for hydroxylation is 1. The van der Waals surface area contributed by atoms with Crippen LogP contribution in [-0.2, 0) is 0 Å². The average molecular weight is 170 g/mol. The first-order valence-corrected chi connectivity index (χ1v) is 3.37. The molecule has 5 heteroatoms. The van der Waals surface area contributed by atoms with E-state index in [1.165, 1.54) is 6.92 Å². The summed E-state index contributed by atoms with van der Waals surface area (Å²) in [6.45, 7) is 1.53. The summed E-state index contributed by atoms with van der Waals surface area (Å²) < 4.78 is 12.6. The number of hydrogen-bond donors (Lipinski definition) is 3. The van der Waals surface area contributed by atoms with E-state index >= 15 is 0 Å². The molecule has 0 amide bonds. The molecule has 0 atom stereocenters. The van der Waals surface area contributed by atoms with E-state index in [9.17, 15) is 4.39 Å². The van der Waals surface area contributed by atoms with Crippen LogP contribution in [0.15, 0.2) is 12.1 Å². The molecular formula is C7H8BFO3. The summed E-state index contributed by atoms with van der Waals surface area (Å²) in [7, 11) is -1.68. The van der Waals surface area contributed by atoms with Crippen LogP contribution >= 0.6 is 0 Å². The van der Waals surface area contributed by atoms with Crippen molar-refractivity contribution in [3.05, 3.63) is 23.5 Å². The van der Waals surface area contributed by atoms with Gasteiger partial charge in [-0.3, -0.25) is 0 Å². The van der Waals surface area contributed by atoms with Crippen LogP contribution in [0.1, 0.15) is 5.56 Å². The van der Waals surface area contributed by atoms with E-state index in [4.69, 9.17) is 15.2 Å². The van der Waals surface area contributed by atoms with Gasteiger partial charge in [0.15, 0.2) is 11.6 Å². The Kier molecular flexibility index (Phi) is 2.35. The number of phenolic OH excluding ortho intramolecular Hbond substituents is 1. The zero-order valence-corrected chi connectivity index (χ0v) is 6.45. The molecule has 12 heavy (non-hydrogen) atoms. The number of phenols is 1. The van der Waals surface area contributed by atoms with Crippen LogP contribution in [0.4, 0.5) is 4.39 Å². The van der Waals surface area contributed by atoms with Crippen molar-refractivity contribution in [3.8, 4) is 5.75 Å². The maximum absolute atomic E-state index is 12.6. The van der Waals surface area contributed by atoms with Gasteiger partial charge in [0.05, 0.1) is 0 Å². The van der Waals surface area contributed by atoms with Crippen LogP contribution in [0.25, 0.3) is 0 Å². The number of rotatable bonds is 1. The molecule has 1 aromatic rings. The lowest BCUT2D eigenvalue weighted by Crippen LogP contribution is -2.32. The van der Waals surface area contributed by atoms with Crippen LogP contribution in [0.2, 0.25) is 0 Å². The second kappa shape index (κ2) is 3.12. The smallest absolute Gasteiger partial charge is 0.488 e. The molecule has 0 saturated carbocycles. The van der Waals surface area contributed by atoms with Gasteiger partial charge in [-0.05, 0) is 30.1 Å². The standard InChI is InChI=1S/C7H8BFO3/c1-4-2-6(9)7(10)3-5(4)8(11)12/h2-3,10-12H,1H3. The zero-order valence-electron chi connectivity index (χ0n) is 6.45. The lowest BCUT2D eigenvalue weighted by atomic mass is 9.77. The molecule has 1 aromatic carbocycles. The van der Waals surface area contributed by atoms with Crippen LogP contribution in [0, 0.1) is 12.7 Å². The molecule has 0 radical (unpaired) electrons. The first-order valence-electron chi connectivity index (χ1n) is 3.37. The lowest BCUT2D eigenvalue weighted by Gasteiger charge is -2.05. The molecule has 0 aliphatic carbocycles. The van der Waals surface area contributed by atoms with Crippen molar-refractivity contribution >= 4 is 12.6 Å². The third-order valence-corrected chi connectivity index (χ3v) is 1.61. The van der Waals surface area contributed by atoms with Crippen molar-refractivity contribution in [1.82, 2.24) is 0 Å². The fourth-order valence-electron chi connectivity index (χ4n) is 0.956. The number of hydrogen-bond acceptors (Lipinski definition) is 3. The largest absolute Gasteiger partial charge is 0.505 e. The number of halogens is 1. The van der Waals surface area contributed by atoms with Crippen LogP contribution in [-0.4, -0.2) is 22.3 Å². The van der Waals surface area contributed by atoms with Gasteiger partial charge < -0.3 is 15.2 Å². The zero-order chi connectivity index (χ0) is 9.30. The molecule has 64 valence electrons. The number of benzene rings is 1. The molecule has 3 nitrogen and oxygen atoms in total. The highest BCUT2D eigenvalue weighted by molar-refractivity contribution is 6.59. The van der Waals surface area contributed by atoms with E-state index < -0.39 is 18.7 Å². The summed E-state index contributed by atoms with van der Waals surface area (Å²) in [5.74, 6) is -1.35. The Bertz CT molecular complexity index is 301. The van der Waals surface area contributed by atoms with Crippen molar-refractivity contribution in [3.63, 3.8) is 0 Å². The third-order valence-electron chi connectivity index (χ3n) is 1.61. The average Bonchev–Trinajstić information content (AvgIpc) is 1.96. The van der Waals surface area contributed by atoms with E-state index in [1.807, 2.05) is 0 Å². The highest BCUT2D eigenvalue weighted by atomic mass is 19.1. The maximum atomic E-state index is 12.6. The van der Waals surface area contributed by atoms with Crippen LogP contribution < -0.4 is 5.46 Å². The van der Waals surface area contributed by atoms with Crippen molar-refractivity contribution in [2.45, 2.75) is 6.92 Å². The van der Waals surface area contributed by atoms with Gasteiger partial charge in [0.1, 0.15) is 0 Å². The Morgan fingerprint density at radius 2 is 1.92 bits per heavy atom. The summed E-state index contributed by atoms with van der Waals surface area (Å²) in [4.78, 5) is 0. The highest BCUT2D eigenvalue weighted by Crippen LogP contribution is 2.14. The molecular weight excluding hydrogens is 162 g/mol. The Morgan fingerprint density at radius 3 is 2.42 bits per heavy atom. The van der Waals surface area contributed by atoms with Gasteiger partial charge in [-0.1, -0.05) is 0 Å². The molecule has 0 aromatic heterocycles. The Hall–Kier alpha value is -1.07. The first kappa shape index (κ1) is 9.03. The van der Waals surface area contributed by atoms with Crippen molar-refractivity contribution < 1.29 is 19.5 Å². The van der Waals surface area contributed by atoms with Crippen LogP contribution in [0.3, 0.4) is 0 Å². The summed E-state index contributed by atoms with van der Waals surface area (Å²) >= 11 is 0. The van der Waals surface area contributed by atoms with Gasteiger partial charge in [-0.25, -0.2) is 4.39 Å². The lowest BCUT2D eigenvalue weighted by molar-refractivity contribution is 0.420. The van der Waals surface area contributed by atoms with E-state index in [0.717, 1.165) is 12.1 Å². The fourth-order valence-corrected chi connectivity index (χ4v) is 0.956. The van der Waals surface area contributed by atoms with Gasteiger partial charge in [-0.2, -0.15) is 0 Å². The molecule has 0 saturated heterocycles. The topological polar surface area (TPSA) is 60.7 Å². The summed E-state index contributed by atoms with van der Waals surface area (Å²) in [5.41, 5.74) is 0.495. The quantitative estimate of drug-likeness (QED) is 0.498. The Morgan fingerprint density at radius 1 is 1.33 bits per heavy atom. The SMILES string of the molecule is Cc1cc(F)c(O)cc1B(O)O. The minimum atomic E-state index is -1.68. The van der Waals surface area contributed by atoms with Gasteiger partial charge in [0.25, 0.3) is 0 Å². The van der Waals surface area contributed by atoms with Crippen molar-refractivity contribution in [2.75, 3.05) is 0 Å². The van der Waals surface area contributed by atoms with Gasteiger partial charge >= 0.3 is 7.12 Å². The normalized spacial score (nSPS) is 10.0. The molecule has 0 bridgehead atoms. The molecule has 0 unspecified atom stereocenters. The molecule has 3 N–H and O–H groups in total. The molecule has 1 rings (SSSR count). The molecule has 0 aliphatic heterocycles. The van der Waals surface area contributed by atoms with Crippen molar-refractivity contribution in [1.29, 1.82) is 0 Å². The fraction of sp³-hybridized carbons (Fsp3) is 0.143. The van der Waals surface area contributed by atoms with Gasteiger partial charge in [0, 0.05) is 0 Å². The van der Waals surface area contributed by atoms with Crippen molar-refractivity contribution in [2.24, 2.45) is 0 Å². The summed E-state index contributed by atoms with van der Waals surface area (Å²) in [6.07, 6.45) is 0. The van der Waals surface area contributed by atoms with E-state index in [-0.39, 0.29) is 5.46 Å². The van der Waals surface area contributed by atoms with Crippen LogP contribution in [0.5, 0.6) is 5.75 Å². The third kappa shape index (κ3) is 1.57.